The van der Waals surface area contributed by atoms with Gasteiger partial charge in [0.2, 0.25) is 0 Å². The highest BCUT2D eigenvalue weighted by Crippen LogP contribution is 2.34. The van der Waals surface area contributed by atoms with Crippen molar-refractivity contribution in [3.05, 3.63) is 33.4 Å². The second-order valence-electron chi connectivity index (χ2n) is 6.26. The van der Waals surface area contributed by atoms with Crippen LogP contribution < -0.4 is 5.56 Å². The average molecular weight is 365 g/mol. The van der Waals surface area contributed by atoms with E-state index in [1.54, 1.807) is 33.7 Å². The van der Waals surface area contributed by atoms with E-state index in [2.05, 4.69) is 6.58 Å². The number of thioether (sulfide) groups is 1. The van der Waals surface area contributed by atoms with Gasteiger partial charge in [0.15, 0.2) is 5.16 Å². The van der Waals surface area contributed by atoms with E-state index >= 15 is 0 Å². The monoisotopic (exact) mass is 364 g/mol. The topological polar surface area (TPSA) is 44.1 Å². The summed E-state index contributed by atoms with van der Waals surface area (Å²) in [6.07, 6.45) is 6.47. The average Bonchev–Trinajstić information content (AvgIpc) is 2.93. The molecule has 4 nitrogen and oxygen atoms in total. The quantitative estimate of drug-likeness (QED) is 0.322. The molecule has 3 rings (SSSR count). The number of rotatable bonds is 7. The fourth-order valence-corrected chi connectivity index (χ4v) is 5.18. The van der Waals surface area contributed by atoms with E-state index in [-0.39, 0.29) is 11.7 Å². The SMILES string of the molecule is C=CCn1c(SCCOC(C)C)nc2sc3c(c2c1=O)CCCC3. The lowest BCUT2D eigenvalue weighted by Crippen LogP contribution is -2.23. The molecule has 24 heavy (non-hydrogen) atoms. The molecule has 2 aromatic heterocycles. The van der Waals surface area contributed by atoms with E-state index in [1.165, 1.54) is 23.3 Å². The van der Waals surface area contributed by atoms with E-state index in [1.807, 2.05) is 13.8 Å². The molecule has 0 radical (unpaired) electrons. The normalized spacial score (nSPS) is 14.3. The third-order valence-corrected chi connectivity index (χ3v) is 6.24. The first-order chi connectivity index (χ1) is 11.6. The summed E-state index contributed by atoms with van der Waals surface area (Å²) in [6, 6.07) is 0. The Bertz CT molecular complexity index is 792. The summed E-state index contributed by atoms with van der Waals surface area (Å²) < 4.78 is 7.35. The zero-order chi connectivity index (χ0) is 17.1. The Morgan fingerprint density at radius 3 is 2.96 bits per heavy atom. The van der Waals surface area contributed by atoms with Gasteiger partial charge in [-0.1, -0.05) is 17.8 Å². The summed E-state index contributed by atoms with van der Waals surface area (Å²) in [5.74, 6) is 0.790. The predicted molar refractivity (Wildman–Crippen MR) is 103 cm³/mol. The molecule has 0 saturated carbocycles. The molecule has 0 bridgehead atoms. The fourth-order valence-electron chi connectivity index (χ4n) is 3.04. The number of hydrogen-bond acceptors (Lipinski definition) is 5. The molecule has 0 spiro atoms. The maximum Gasteiger partial charge on any atom is 0.263 e. The lowest BCUT2D eigenvalue weighted by atomic mass is 9.97. The van der Waals surface area contributed by atoms with E-state index in [0.29, 0.717) is 13.2 Å². The number of aryl methyl sites for hydroxylation is 2. The van der Waals surface area contributed by atoms with Crippen LogP contribution in [0.5, 0.6) is 0 Å². The second kappa shape index (κ2) is 7.85. The van der Waals surface area contributed by atoms with Crippen LogP contribution in [0.15, 0.2) is 22.6 Å². The molecule has 0 atom stereocenters. The molecule has 0 aromatic carbocycles. The minimum absolute atomic E-state index is 0.0894. The van der Waals surface area contributed by atoms with E-state index in [4.69, 9.17) is 9.72 Å². The highest BCUT2D eigenvalue weighted by atomic mass is 32.2. The van der Waals surface area contributed by atoms with Gasteiger partial charge in [-0.2, -0.15) is 0 Å². The Kier molecular flexibility index (Phi) is 5.79. The van der Waals surface area contributed by atoms with Crippen LogP contribution in [0.4, 0.5) is 0 Å². The van der Waals surface area contributed by atoms with Crippen LogP contribution in [0.1, 0.15) is 37.1 Å². The Morgan fingerprint density at radius 2 is 2.21 bits per heavy atom. The molecule has 6 heteroatoms. The first-order valence-corrected chi connectivity index (χ1v) is 10.3. The smallest absolute Gasteiger partial charge is 0.263 e. The summed E-state index contributed by atoms with van der Waals surface area (Å²) in [5, 5.41) is 1.62. The second-order valence-corrected chi connectivity index (χ2v) is 8.40. The fraction of sp³-hybridized carbons (Fsp3) is 0.556. The van der Waals surface area contributed by atoms with Gasteiger partial charge in [0.25, 0.3) is 5.56 Å². The maximum absolute atomic E-state index is 13.1. The number of aromatic nitrogens is 2. The zero-order valence-corrected chi connectivity index (χ0v) is 16.0. The van der Waals surface area contributed by atoms with Crippen LogP contribution in [0.3, 0.4) is 0 Å². The van der Waals surface area contributed by atoms with Crippen molar-refractivity contribution in [3.8, 4) is 0 Å². The van der Waals surface area contributed by atoms with Gasteiger partial charge in [0, 0.05) is 17.2 Å². The molecule has 2 heterocycles. The largest absolute Gasteiger partial charge is 0.378 e. The Hall–Kier alpha value is -1.11. The van der Waals surface area contributed by atoms with Gasteiger partial charge in [-0.3, -0.25) is 9.36 Å². The molecule has 2 aromatic rings. The zero-order valence-electron chi connectivity index (χ0n) is 14.3. The van der Waals surface area contributed by atoms with Crippen molar-refractivity contribution in [1.82, 2.24) is 9.55 Å². The number of ether oxygens (including phenoxy) is 1. The molecule has 0 N–H and O–H groups in total. The van der Waals surface area contributed by atoms with Gasteiger partial charge < -0.3 is 4.74 Å². The van der Waals surface area contributed by atoms with Gasteiger partial charge >= 0.3 is 0 Å². The van der Waals surface area contributed by atoms with Crippen LogP contribution in [0.25, 0.3) is 10.2 Å². The summed E-state index contributed by atoms with van der Waals surface area (Å²) in [7, 11) is 0. The van der Waals surface area contributed by atoms with Crippen LogP contribution in [0.2, 0.25) is 0 Å². The summed E-state index contributed by atoms with van der Waals surface area (Å²) in [5.41, 5.74) is 1.34. The number of hydrogen-bond donors (Lipinski definition) is 0. The van der Waals surface area contributed by atoms with Crippen molar-refractivity contribution in [1.29, 1.82) is 0 Å². The number of fused-ring (bicyclic) bond motifs is 3. The number of nitrogens with zero attached hydrogens (tertiary/aromatic N) is 2. The Morgan fingerprint density at radius 1 is 1.42 bits per heavy atom. The third-order valence-electron chi connectivity index (χ3n) is 4.12. The van der Waals surface area contributed by atoms with E-state index in [0.717, 1.165) is 34.0 Å². The van der Waals surface area contributed by atoms with Crippen molar-refractivity contribution in [2.24, 2.45) is 0 Å². The lowest BCUT2D eigenvalue weighted by molar-refractivity contribution is 0.0920. The molecule has 0 saturated heterocycles. The summed E-state index contributed by atoms with van der Waals surface area (Å²) in [6.45, 7) is 9.01. The van der Waals surface area contributed by atoms with Gasteiger partial charge in [0.05, 0.1) is 18.1 Å². The van der Waals surface area contributed by atoms with Crippen LogP contribution in [-0.4, -0.2) is 28.0 Å². The standard InChI is InChI=1S/C18H24N2O2S2/c1-4-9-20-17(21)15-13-7-5-6-8-14(13)24-16(15)19-18(20)23-11-10-22-12(2)3/h4,12H,1,5-11H2,2-3H3. The van der Waals surface area contributed by atoms with Crippen molar-refractivity contribution < 1.29 is 4.74 Å². The summed E-state index contributed by atoms with van der Waals surface area (Å²) in [4.78, 5) is 20.1. The Labute approximate surface area is 150 Å². The molecular formula is C18H24N2O2S2. The molecule has 1 aliphatic carbocycles. The van der Waals surface area contributed by atoms with Crippen molar-refractivity contribution in [2.75, 3.05) is 12.4 Å². The number of thiophene rings is 1. The van der Waals surface area contributed by atoms with Crippen molar-refractivity contribution in [3.63, 3.8) is 0 Å². The molecule has 0 aliphatic heterocycles. The molecule has 0 unspecified atom stereocenters. The van der Waals surface area contributed by atoms with Crippen molar-refractivity contribution in [2.45, 2.75) is 57.3 Å². The first-order valence-electron chi connectivity index (χ1n) is 8.52. The van der Waals surface area contributed by atoms with Crippen LogP contribution in [-0.2, 0) is 24.1 Å². The molecular weight excluding hydrogens is 340 g/mol. The molecule has 0 amide bonds. The predicted octanol–water partition coefficient (Wildman–Crippen LogP) is 4.04. The summed E-state index contributed by atoms with van der Waals surface area (Å²) >= 11 is 3.29. The number of allylic oxidation sites excluding steroid dienone is 1. The van der Waals surface area contributed by atoms with Crippen LogP contribution in [0, 0.1) is 0 Å². The molecule has 1 aliphatic rings. The minimum atomic E-state index is 0.0894. The lowest BCUT2D eigenvalue weighted by Gasteiger charge is -2.12. The maximum atomic E-state index is 13.1. The first kappa shape index (κ1) is 17.7. The highest BCUT2D eigenvalue weighted by molar-refractivity contribution is 7.99. The van der Waals surface area contributed by atoms with Gasteiger partial charge in [-0.15, -0.1) is 17.9 Å². The minimum Gasteiger partial charge on any atom is -0.378 e. The van der Waals surface area contributed by atoms with Crippen molar-refractivity contribution >= 4 is 33.3 Å². The Balaban J connectivity index is 1.97. The van der Waals surface area contributed by atoms with Gasteiger partial charge in [-0.25, -0.2) is 4.98 Å². The van der Waals surface area contributed by atoms with Gasteiger partial charge in [0.1, 0.15) is 4.83 Å². The van der Waals surface area contributed by atoms with Gasteiger partial charge in [-0.05, 0) is 45.1 Å². The van der Waals surface area contributed by atoms with Crippen LogP contribution >= 0.6 is 23.1 Å². The molecule has 0 fully saturated rings. The highest BCUT2D eigenvalue weighted by Gasteiger charge is 2.21. The van der Waals surface area contributed by atoms with E-state index in [9.17, 15) is 4.79 Å². The van der Waals surface area contributed by atoms with E-state index < -0.39 is 0 Å². The third kappa shape index (κ3) is 3.60. The molecule has 130 valence electrons.